The monoisotopic (exact) mass is 422 g/mol. The predicted molar refractivity (Wildman–Crippen MR) is 123 cm³/mol. The number of hydrogen-bond donors (Lipinski definition) is 3. The van der Waals surface area contributed by atoms with Crippen molar-refractivity contribution >= 4 is 33.6 Å². The molecular weight excluding hydrogens is 396 g/mol. The van der Waals surface area contributed by atoms with Gasteiger partial charge in [-0.25, -0.2) is 4.98 Å². The van der Waals surface area contributed by atoms with Crippen molar-refractivity contribution in [2.45, 2.75) is 32.7 Å². The second kappa shape index (κ2) is 8.41. The van der Waals surface area contributed by atoms with E-state index >= 15 is 0 Å². The number of thiazole rings is 1. The Hall–Kier alpha value is -2.97. The van der Waals surface area contributed by atoms with Crippen LogP contribution in [0.15, 0.2) is 36.7 Å². The number of hydrogen-bond acceptors (Lipinski definition) is 7. The molecule has 5 N–H and O–H groups in total. The Balaban J connectivity index is 1.61. The minimum atomic E-state index is -0.336. The smallest absolute Gasteiger partial charge is 0.277 e. The molecule has 30 heavy (non-hydrogen) atoms. The summed E-state index contributed by atoms with van der Waals surface area (Å²) < 4.78 is 0. The Bertz CT molecular complexity index is 1060. The van der Waals surface area contributed by atoms with Crippen molar-refractivity contribution in [2.75, 3.05) is 29.0 Å². The van der Waals surface area contributed by atoms with Crippen molar-refractivity contribution < 1.29 is 4.79 Å². The first-order chi connectivity index (χ1) is 14.4. The average molecular weight is 423 g/mol. The minimum Gasteiger partial charge on any atom is -0.389 e. The highest BCUT2D eigenvalue weighted by Crippen LogP contribution is 2.35. The molecule has 1 fully saturated rings. The first-order valence-corrected chi connectivity index (χ1v) is 10.8. The van der Waals surface area contributed by atoms with Crippen LogP contribution < -0.4 is 21.7 Å². The second-order valence-electron chi connectivity index (χ2n) is 7.69. The van der Waals surface area contributed by atoms with Crippen molar-refractivity contribution in [2.24, 2.45) is 5.73 Å². The Morgan fingerprint density at radius 1 is 1.27 bits per heavy atom. The maximum absolute atomic E-state index is 13.0. The van der Waals surface area contributed by atoms with Crippen LogP contribution in [0.1, 0.15) is 34.5 Å². The number of aromatic nitrogens is 2. The molecule has 156 valence electrons. The van der Waals surface area contributed by atoms with Gasteiger partial charge in [-0.2, -0.15) is 0 Å². The van der Waals surface area contributed by atoms with Gasteiger partial charge in [0.25, 0.3) is 5.91 Å². The lowest BCUT2D eigenvalue weighted by Gasteiger charge is -2.33. The molecule has 3 heterocycles. The lowest BCUT2D eigenvalue weighted by atomic mass is 10.0. The lowest BCUT2D eigenvalue weighted by Crippen LogP contribution is -2.43. The average Bonchev–Trinajstić information content (AvgIpc) is 3.09. The number of piperidine rings is 1. The molecule has 0 unspecified atom stereocenters. The van der Waals surface area contributed by atoms with Crippen LogP contribution in [0.5, 0.6) is 0 Å². The molecule has 8 heteroatoms. The quantitative estimate of drug-likeness (QED) is 0.593. The fourth-order valence-electron chi connectivity index (χ4n) is 3.92. The maximum atomic E-state index is 13.0. The molecule has 1 atom stereocenters. The van der Waals surface area contributed by atoms with Gasteiger partial charge in [-0.3, -0.25) is 9.78 Å². The van der Waals surface area contributed by atoms with E-state index in [0.29, 0.717) is 10.7 Å². The van der Waals surface area contributed by atoms with E-state index in [2.05, 4.69) is 20.2 Å². The first-order valence-electron chi connectivity index (χ1n) is 10.0. The Kier molecular flexibility index (Phi) is 5.69. The molecule has 1 amide bonds. The number of rotatable bonds is 4. The summed E-state index contributed by atoms with van der Waals surface area (Å²) in [5.74, 6) is -0.336. The van der Waals surface area contributed by atoms with E-state index in [1.165, 1.54) is 11.3 Å². The predicted octanol–water partition coefficient (Wildman–Crippen LogP) is 3.58. The topological polar surface area (TPSA) is 110 Å². The summed E-state index contributed by atoms with van der Waals surface area (Å²) >= 11 is 1.33. The molecule has 3 aromatic rings. The number of amides is 1. The van der Waals surface area contributed by atoms with Crippen LogP contribution in [-0.4, -0.2) is 35.0 Å². The summed E-state index contributed by atoms with van der Waals surface area (Å²) in [6, 6.07) is 8.11. The number of anilines is 3. The Labute approximate surface area is 180 Å². The third-order valence-electron chi connectivity index (χ3n) is 5.41. The van der Waals surface area contributed by atoms with Gasteiger partial charge in [-0.1, -0.05) is 29.5 Å². The van der Waals surface area contributed by atoms with Gasteiger partial charge < -0.3 is 21.7 Å². The molecule has 1 saturated heterocycles. The lowest BCUT2D eigenvalue weighted by molar-refractivity contribution is 0.102. The van der Waals surface area contributed by atoms with E-state index < -0.39 is 0 Å². The molecule has 0 saturated carbocycles. The summed E-state index contributed by atoms with van der Waals surface area (Å²) in [6.07, 6.45) is 5.42. The highest BCUT2D eigenvalue weighted by molar-refractivity contribution is 7.19. The molecule has 2 aromatic heterocycles. The zero-order valence-corrected chi connectivity index (χ0v) is 18.0. The molecule has 7 nitrogen and oxygen atoms in total. The maximum Gasteiger partial charge on any atom is 0.277 e. The third-order valence-corrected chi connectivity index (χ3v) is 6.31. The standard InChI is InChI=1S/C22H26N6OS/c1-13-5-3-6-14(2)18(13)22-27-19(20(24)30-22)21(29)26-16-11-25-9-8-17(16)28-10-4-7-15(23)12-28/h3,5-6,8-9,11,15H,4,7,10,12,23-24H2,1-2H3,(H,26,29)/t15-/m0/s1. The van der Waals surface area contributed by atoms with Gasteiger partial charge in [0, 0.05) is 30.9 Å². The van der Waals surface area contributed by atoms with Gasteiger partial charge in [0.15, 0.2) is 5.69 Å². The van der Waals surface area contributed by atoms with Gasteiger partial charge in [0.05, 0.1) is 17.6 Å². The molecule has 1 aliphatic rings. The van der Waals surface area contributed by atoms with Gasteiger partial charge in [0.1, 0.15) is 10.0 Å². The molecule has 1 aromatic carbocycles. The second-order valence-corrected chi connectivity index (χ2v) is 8.72. The van der Waals surface area contributed by atoms with E-state index in [1.807, 2.05) is 38.1 Å². The Morgan fingerprint density at radius 2 is 2.03 bits per heavy atom. The van der Waals surface area contributed by atoms with Crippen LogP contribution in [0.2, 0.25) is 0 Å². The van der Waals surface area contributed by atoms with Crippen LogP contribution in [0.25, 0.3) is 10.6 Å². The van der Waals surface area contributed by atoms with Crippen LogP contribution >= 0.6 is 11.3 Å². The van der Waals surface area contributed by atoms with Crippen molar-refractivity contribution in [3.05, 3.63) is 53.5 Å². The summed E-state index contributed by atoms with van der Waals surface area (Å²) in [5, 5.41) is 4.10. The number of aryl methyl sites for hydroxylation is 2. The highest BCUT2D eigenvalue weighted by Gasteiger charge is 2.23. The van der Waals surface area contributed by atoms with E-state index in [1.54, 1.807) is 12.4 Å². The van der Waals surface area contributed by atoms with E-state index in [-0.39, 0.29) is 17.6 Å². The first kappa shape index (κ1) is 20.3. The van der Waals surface area contributed by atoms with E-state index in [9.17, 15) is 4.79 Å². The largest absolute Gasteiger partial charge is 0.389 e. The number of nitrogens with two attached hydrogens (primary N) is 2. The van der Waals surface area contributed by atoms with Crippen molar-refractivity contribution in [1.29, 1.82) is 0 Å². The Morgan fingerprint density at radius 3 is 2.77 bits per heavy atom. The number of nitrogens with one attached hydrogen (secondary N) is 1. The number of carbonyl (C=O) groups is 1. The molecule has 0 spiro atoms. The van der Waals surface area contributed by atoms with Gasteiger partial charge >= 0.3 is 0 Å². The fraction of sp³-hybridized carbons (Fsp3) is 0.318. The van der Waals surface area contributed by atoms with E-state index in [4.69, 9.17) is 11.5 Å². The third kappa shape index (κ3) is 4.01. The number of carbonyl (C=O) groups excluding carboxylic acids is 1. The van der Waals surface area contributed by atoms with Crippen molar-refractivity contribution in [1.82, 2.24) is 9.97 Å². The number of nitrogen functional groups attached to an aromatic ring is 1. The summed E-state index contributed by atoms with van der Waals surface area (Å²) in [5.41, 5.74) is 17.3. The minimum absolute atomic E-state index is 0.129. The van der Waals surface area contributed by atoms with Crippen LogP contribution in [0.4, 0.5) is 16.4 Å². The van der Waals surface area contributed by atoms with Gasteiger partial charge in [-0.05, 0) is 43.9 Å². The molecule has 4 rings (SSSR count). The van der Waals surface area contributed by atoms with Gasteiger partial charge in [-0.15, -0.1) is 0 Å². The summed E-state index contributed by atoms with van der Waals surface area (Å²) in [4.78, 5) is 24.0. The SMILES string of the molecule is Cc1cccc(C)c1-c1nc(C(=O)Nc2cnccc2N2CCC[C@H](N)C2)c(N)s1. The van der Waals surface area contributed by atoms with E-state index in [0.717, 1.165) is 53.3 Å². The summed E-state index contributed by atoms with van der Waals surface area (Å²) in [6.45, 7) is 5.72. The van der Waals surface area contributed by atoms with Gasteiger partial charge in [0.2, 0.25) is 0 Å². The van der Waals surface area contributed by atoms with Crippen LogP contribution in [0.3, 0.4) is 0 Å². The molecule has 0 radical (unpaired) electrons. The van der Waals surface area contributed by atoms with Crippen LogP contribution in [0, 0.1) is 13.8 Å². The zero-order valence-electron chi connectivity index (χ0n) is 17.2. The normalized spacial score (nSPS) is 16.5. The zero-order chi connectivity index (χ0) is 21.3. The number of benzene rings is 1. The molecular formula is C22H26N6OS. The molecule has 1 aliphatic heterocycles. The molecule has 0 aliphatic carbocycles. The fourth-order valence-corrected chi connectivity index (χ4v) is 4.93. The van der Waals surface area contributed by atoms with Crippen LogP contribution in [-0.2, 0) is 0 Å². The number of nitrogens with zero attached hydrogens (tertiary/aromatic N) is 3. The highest BCUT2D eigenvalue weighted by atomic mass is 32.1. The number of pyridine rings is 1. The molecule has 0 bridgehead atoms. The summed E-state index contributed by atoms with van der Waals surface area (Å²) in [7, 11) is 0. The van der Waals surface area contributed by atoms with Crippen molar-refractivity contribution in [3.8, 4) is 10.6 Å². The van der Waals surface area contributed by atoms with Crippen molar-refractivity contribution in [3.63, 3.8) is 0 Å².